The molecule has 0 unspecified atom stereocenters. The van der Waals surface area contributed by atoms with Crippen LogP contribution in [0.25, 0.3) is 10.9 Å². The molecule has 0 radical (unpaired) electrons. The normalized spacial score (nSPS) is 13.1. The zero-order valence-corrected chi connectivity index (χ0v) is 20.4. The van der Waals surface area contributed by atoms with E-state index in [9.17, 15) is 26.4 Å². The Balaban J connectivity index is 1.91. The molecule has 1 atom stereocenters. The predicted molar refractivity (Wildman–Crippen MR) is 124 cm³/mol. The smallest absolute Gasteiger partial charge is 0.416 e. The highest BCUT2D eigenvalue weighted by Crippen LogP contribution is 2.33. The molecule has 0 fully saturated rings. The van der Waals surface area contributed by atoms with Crippen LogP contribution in [0.15, 0.2) is 47.4 Å². The number of anilines is 1. The maximum Gasteiger partial charge on any atom is 0.416 e. The summed E-state index contributed by atoms with van der Waals surface area (Å²) in [7, 11) is -3.03. The number of carbonyl (C=O) groups is 1. The number of nitrogens with zero attached hydrogens (tertiary/aromatic N) is 2. The maximum absolute atomic E-state index is 12.9. The first-order chi connectivity index (χ1) is 16.3. The Morgan fingerprint density at radius 1 is 1.14 bits per heavy atom. The number of halogens is 4. The number of benzene rings is 2. The van der Waals surface area contributed by atoms with E-state index in [1.165, 1.54) is 7.11 Å². The lowest BCUT2D eigenvalue weighted by molar-refractivity contribution is -0.142. The van der Waals surface area contributed by atoms with Crippen molar-refractivity contribution in [2.45, 2.75) is 37.5 Å². The molecule has 8 nitrogen and oxygen atoms in total. The van der Waals surface area contributed by atoms with Crippen molar-refractivity contribution in [2.75, 3.05) is 12.4 Å². The minimum Gasteiger partial charge on any atom is -0.467 e. The fourth-order valence-corrected chi connectivity index (χ4v) is 4.74. The largest absolute Gasteiger partial charge is 0.467 e. The molecule has 35 heavy (non-hydrogen) atoms. The first-order valence-electron chi connectivity index (χ1n) is 10.3. The number of alkyl halides is 3. The summed E-state index contributed by atoms with van der Waals surface area (Å²) in [6.45, 7) is 3.26. The van der Waals surface area contributed by atoms with Crippen LogP contribution in [0.3, 0.4) is 0 Å². The number of hydrogen-bond donors (Lipinski definition) is 2. The van der Waals surface area contributed by atoms with E-state index in [-0.39, 0.29) is 18.3 Å². The Morgan fingerprint density at radius 3 is 2.43 bits per heavy atom. The Bertz CT molecular complexity index is 1350. The van der Waals surface area contributed by atoms with Crippen LogP contribution in [0.5, 0.6) is 0 Å². The van der Waals surface area contributed by atoms with Crippen LogP contribution in [-0.2, 0) is 32.3 Å². The van der Waals surface area contributed by atoms with E-state index in [4.69, 9.17) is 16.3 Å². The highest BCUT2D eigenvalue weighted by molar-refractivity contribution is 7.89. The van der Waals surface area contributed by atoms with E-state index in [1.54, 1.807) is 24.3 Å². The minimum absolute atomic E-state index is 0.0604. The second-order valence-electron chi connectivity index (χ2n) is 7.86. The molecule has 0 aliphatic rings. The predicted octanol–water partition coefficient (Wildman–Crippen LogP) is 4.39. The number of esters is 1. The number of aromatic nitrogens is 2. The summed E-state index contributed by atoms with van der Waals surface area (Å²) in [6.07, 6.45) is -4.67. The van der Waals surface area contributed by atoms with Gasteiger partial charge >= 0.3 is 12.1 Å². The number of ether oxygens (including phenoxy) is 1. The summed E-state index contributed by atoms with van der Waals surface area (Å²) in [5.41, 5.74) is -0.584. The molecule has 0 amide bonds. The number of carbonyl (C=O) groups excluding carboxylic acids is 1. The highest BCUT2D eigenvalue weighted by Gasteiger charge is 2.32. The van der Waals surface area contributed by atoms with Crippen LogP contribution in [0.4, 0.5) is 19.0 Å². The molecular weight excluding hydrogens is 509 g/mol. The van der Waals surface area contributed by atoms with Gasteiger partial charge in [-0.3, -0.25) is 0 Å². The lowest BCUT2D eigenvalue weighted by Crippen LogP contribution is -2.36. The molecule has 188 valence electrons. The second kappa shape index (κ2) is 10.3. The summed E-state index contributed by atoms with van der Waals surface area (Å²) in [6, 6.07) is 8.15. The van der Waals surface area contributed by atoms with Gasteiger partial charge < -0.3 is 10.1 Å². The number of fused-ring (bicyclic) bond motifs is 1. The molecule has 0 saturated carbocycles. The van der Waals surface area contributed by atoms with Crippen molar-refractivity contribution >= 4 is 44.3 Å². The van der Waals surface area contributed by atoms with Crippen LogP contribution >= 0.6 is 11.6 Å². The van der Waals surface area contributed by atoms with Crippen molar-refractivity contribution < 1.29 is 31.1 Å². The van der Waals surface area contributed by atoms with Gasteiger partial charge in [0.2, 0.25) is 10.0 Å². The zero-order valence-electron chi connectivity index (χ0n) is 18.9. The lowest BCUT2D eigenvalue weighted by Gasteiger charge is -2.21. The fraction of sp³-hybridized carbons (Fsp3) is 0.318. The average Bonchev–Trinajstić information content (AvgIpc) is 2.79. The molecule has 0 saturated heterocycles. The number of hydrogen-bond acceptors (Lipinski definition) is 7. The zero-order chi connectivity index (χ0) is 26.0. The van der Waals surface area contributed by atoms with Gasteiger partial charge in [0.15, 0.2) is 0 Å². The first kappa shape index (κ1) is 26.6. The van der Waals surface area contributed by atoms with E-state index < -0.39 is 43.7 Å². The van der Waals surface area contributed by atoms with Gasteiger partial charge in [0.1, 0.15) is 22.6 Å². The minimum atomic E-state index is -4.67. The van der Waals surface area contributed by atoms with Crippen molar-refractivity contribution in [1.29, 1.82) is 0 Å². The average molecular weight is 531 g/mol. The van der Waals surface area contributed by atoms with Crippen molar-refractivity contribution in [3.63, 3.8) is 0 Å². The summed E-state index contributed by atoms with van der Waals surface area (Å²) >= 11 is 5.83. The van der Waals surface area contributed by atoms with Crippen molar-refractivity contribution in [1.82, 2.24) is 14.7 Å². The topological polar surface area (TPSA) is 110 Å². The number of sulfonamides is 1. The third-order valence-electron chi connectivity index (χ3n) is 5.03. The van der Waals surface area contributed by atoms with Gasteiger partial charge in [0.25, 0.3) is 0 Å². The first-order valence-corrected chi connectivity index (χ1v) is 12.2. The molecular formula is C22H22ClF3N4O4S. The Morgan fingerprint density at radius 2 is 1.83 bits per heavy atom. The monoisotopic (exact) mass is 530 g/mol. The van der Waals surface area contributed by atoms with Crippen molar-refractivity contribution in [2.24, 2.45) is 5.92 Å². The fourth-order valence-electron chi connectivity index (χ4n) is 3.22. The van der Waals surface area contributed by atoms with Gasteiger partial charge in [0, 0.05) is 5.39 Å². The molecule has 1 aromatic heterocycles. The summed E-state index contributed by atoms with van der Waals surface area (Å²) in [5.74, 6) is -0.298. The van der Waals surface area contributed by atoms with Gasteiger partial charge in [0.05, 0.1) is 29.8 Å². The highest BCUT2D eigenvalue weighted by atomic mass is 35.5. The van der Waals surface area contributed by atoms with E-state index in [2.05, 4.69) is 20.0 Å². The molecule has 0 bridgehead atoms. The summed E-state index contributed by atoms with van der Waals surface area (Å²) < 4.78 is 71.2. The molecule has 3 rings (SSSR count). The lowest BCUT2D eigenvalue weighted by atomic mass is 10.0. The second-order valence-corrected chi connectivity index (χ2v) is 10.0. The van der Waals surface area contributed by atoms with Gasteiger partial charge in [-0.2, -0.15) is 13.2 Å². The Labute approximate surface area is 204 Å². The molecule has 13 heteroatoms. The third-order valence-corrected chi connectivity index (χ3v) is 6.92. The maximum atomic E-state index is 12.9. The van der Waals surface area contributed by atoms with Crippen LogP contribution < -0.4 is 10.0 Å². The SMILES string of the molecule is COC(=O)[C@@H](Nc1nc(CNS(=O)(=O)c2ccc(C(F)(F)F)cc2Cl)nc2ccccc12)C(C)C. The number of rotatable bonds is 8. The molecule has 2 N–H and O–H groups in total. The molecule has 1 heterocycles. The summed E-state index contributed by atoms with van der Waals surface area (Å²) in [4.78, 5) is 20.4. The van der Waals surface area contributed by atoms with Crippen LogP contribution in [0.2, 0.25) is 5.02 Å². The molecule has 0 aliphatic carbocycles. The van der Waals surface area contributed by atoms with Crippen molar-refractivity contribution in [3.05, 3.63) is 58.9 Å². The van der Waals surface area contributed by atoms with Crippen LogP contribution in [0, 0.1) is 5.92 Å². The van der Waals surface area contributed by atoms with Crippen molar-refractivity contribution in [3.8, 4) is 0 Å². The Hall–Kier alpha value is -2.96. The van der Waals surface area contributed by atoms with E-state index in [1.807, 2.05) is 13.8 Å². The van der Waals surface area contributed by atoms with Gasteiger partial charge in [-0.1, -0.05) is 37.6 Å². The third kappa shape index (κ3) is 6.19. The molecule has 3 aromatic rings. The number of methoxy groups -OCH3 is 1. The number of para-hydroxylation sites is 1. The van der Waals surface area contributed by atoms with Crippen LogP contribution in [0.1, 0.15) is 25.2 Å². The molecule has 0 aliphatic heterocycles. The summed E-state index contributed by atoms with van der Waals surface area (Å²) in [5, 5.41) is 3.06. The Kier molecular flexibility index (Phi) is 7.87. The van der Waals surface area contributed by atoms with Gasteiger partial charge in [-0.15, -0.1) is 0 Å². The van der Waals surface area contributed by atoms with E-state index >= 15 is 0 Å². The van der Waals surface area contributed by atoms with E-state index in [0.717, 1.165) is 6.07 Å². The molecule has 0 spiro atoms. The standard InChI is InChI=1S/C22H22ClF3N4O4S/c1-12(2)19(21(31)34-3)30-20-14-6-4-5-7-16(14)28-18(29-20)11-27-35(32,33)17-9-8-13(10-15(17)23)22(24,25)26/h4-10,12,19,27H,11H2,1-3H3,(H,28,29,30)/t19-/m0/s1. The van der Waals surface area contributed by atoms with Gasteiger partial charge in [-0.25, -0.2) is 27.9 Å². The van der Waals surface area contributed by atoms with Crippen LogP contribution in [-0.4, -0.2) is 37.5 Å². The van der Waals surface area contributed by atoms with E-state index in [0.29, 0.717) is 28.9 Å². The quantitative estimate of drug-likeness (QED) is 0.416. The molecule has 2 aromatic carbocycles. The van der Waals surface area contributed by atoms with Gasteiger partial charge in [-0.05, 0) is 36.2 Å². The number of nitrogens with one attached hydrogen (secondary N) is 2.